The number of sulfone groups is 1. The van der Waals surface area contributed by atoms with Crippen LogP contribution in [0.4, 0.5) is 0 Å². The highest BCUT2D eigenvalue weighted by Crippen LogP contribution is 2.19. The van der Waals surface area contributed by atoms with Gasteiger partial charge < -0.3 is 9.94 Å². The predicted molar refractivity (Wildman–Crippen MR) is 89.4 cm³/mol. The molecule has 0 fully saturated rings. The number of hydrogen-bond acceptors (Lipinski definition) is 6. The summed E-state index contributed by atoms with van der Waals surface area (Å²) < 4.78 is 22.9. The Hall–Kier alpha value is -2.19. The maximum atomic E-state index is 12.0. The summed E-state index contributed by atoms with van der Waals surface area (Å²) in [5.41, 5.74) is 0.841. The van der Waals surface area contributed by atoms with Gasteiger partial charge in [0, 0.05) is 24.5 Å². The molecule has 1 heterocycles. The molecule has 0 spiro atoms. The lowest BCUT2D eigenvalue weighted by atomic mass is 10.1. The second kappa shape index (κ2) is 7.59. The Morgan fingerprint density at radius 3 is 2.46 bits per heavy atom. The number of aliphatic hydroxyl groups excluding tert-OH is 1. The molecule has 24 heavy (non-hydrogen) atoms. The zero-order chi connectivity index (χ0) is 17.7. The molecule has 0 saturated heterocycles. The minimum atomic E-state index is -3.26. The molecule has 2 aromatic rings. The van der Waals surface area contributed by atoms with Crippen LogP contribution in [0.5, 0.6) is 0 Å². The SMILES string of the molecule is CC(CO)CCOn1ncc(-c2ccc(S(C)(=O)=O)cc2)cc1=O. The lowest BCUT2D eigenvalue weighted by Crippen LogP contribution is -2.30. The van der Waals surface area contributed by atoms with Crippen molar-refractivity contribution in [1.82, 2.24) is 9.94 Å². The van der Waals surface area contributed by atoms with Gasteiger partial charge in [0.1, 0.15) is 6.61 Å². The Morgan fingerprint density at radius 2 is 1.92 bits per heavy atom. The van der Waals surface area contributed by atoms with Crippen molar-refractivity contribution >= 4 is 9.84 Å². The molecular weight excluding hydrogens is 332 g/mol. The maximum Gasteiger partial charge on any atom is 0.303 e. The molecule has 1 atom stereocenters. The predicted octanol–water partition coefficient (Wildman–Crippen LogP) is 0.761. The highest BCUT2D eigenvalue weighted by Gasteiger charge is 2.08. The smallest absolute Gasteiger partial charge is 0.303 e. The van der Waals surface area contributed by atoms with Gasteiger partial charge in [-0.2, -0.15) is 0 Å². The molecule has 130 valence electrons. The average Bonchev–Trinajstić information content (AvgIpc) is 2.55. The quantitative estimate of drug-likeness (QED) is 0.790. The van der Waals surface area contributed by atoms with Crippen molar-refractivity contribution in [2.45, 2.75) is 18.2 Å². The van der Waals surface area contributed by atoms with Gasteiger partial charge in [0.2, 0.25) is 0 Å². The van der Waals surface area contributed by atoms with Crippen molar-refractivity contribution in [3.63, 3.8) is 0 Å². The van der Waals surface area contributed by atoms with E-state index in [2.05, 4.69) is 5.10 Å². The summed E-state index contributed by atoms with van der Waals surface area (Å²) in [5, 5.41) is 12.9. The number of hydrogen-bond donors (Lipinski definition) is 1. The van der Waals surface area contributed by atoms with E-state index >= 15 is 0 Å². The molecule has 0 aliphatic carbocycles. The van der Waals surface area contributed by atoms with E-state index in [-0.39, 0.29) is 24.0 Å². The third kappa shape index (κ3) is 4.65. The molecule has 1 aromatic carbocycles. The molecule has 0 bridgehead atoms. The Labute approximate surface area is 140 Å². The van der Waals surface area contributed by atoms with Crippen LogP contribution in [-0.2, 0) is 9.84 Å². The fourth-order valence-electron chi connectivity index (χ4n) is 1.98. The second-order valence-electron chi connectivity index (χ2n) is 5.66. The van der Waals surface area contributed by atoms with Gasteiger partial charge in [-0.1, -0.05) is 23.9 Å². The van der Waals surface area contributed by atoms with Gasteiger partial charge in [-0.15, -0.1) is 5.10 Å². The minimum Gasteiger partial charge on any atom is -0.396 e. The van der Waals surface area contributed by atoms with Crippen molar-refractivity contribution < 1.29 is 18.4 Å². The molecule has 0 saturated carbocycles. The zero-order valence-corrected chi connectivity index (χ0v) is 14.4. The van der Waals surface area contributed by atoms with Gasteiger partial charge in [-0.25, -0.2) is 8.42 Å². The van der Waals surface area contributed by atoms with E-state index < -0.39 is 15.4 Å². The van der Waals surface area contributed by atoms with E-state index in [0.29, 0.717) is 17.5 Å². The molecule has 1 aromatic heterocycles. The Balaban J connectivity index is 2.13. The van der Waals surface area contributed by atoms with Gasteiger partial charge in [-0.05, 0) is 30.0 Å². The van der Waals surface area contributed by atoms with E-state index in [1.54, 1.807) is 12.1 Å². The van der Waals surface area contributed by atoms with Crippen LogP contribution in [0.15, 0.2) is 46.2 Å². The Kier molecular flexibility index (Phi) is 5.74. The van der Waals surface area contributed by atoms with Crippen LogP contribution in [0.3, 0.4) is 0 Å². The normalized spacial score (nSPS) is 12.8. The fourth-order valence-corrected chi connectivity index (χ4v) is 2.61. The molecule has 1 N–H and O–H groups in total. The topological polar surface area (TPSA) is 98.5 Å². The summed E-state index contributed by atoms with van der Waals surface area (Å²) in [7, 11) is -3.26. The lowest BCUT2D eigenvalue weighted by molar-refractivity contribution is 0.0581. The maximum absolute atomic E-state index is 12.0. The first-order valence-electron chi connectivity index (χ1n) is 7.45. The van der Waals surface area contributed by atoms with Gasteiger partial charge in [0.15, 0.2) is 9.84 Å². The van der Waals surface area contributed by atoms with Gasteiger partial charge in [0.05, 0.1) is 11.1 Å². The van der Waals surface area contributed by atoms with Gasteiger partial charge in [-0.3, -0.25) is 4.79 Å². The van der Waals surface area contributed by atoms with Crippen LogP contribution >= 0.6 is 0 Å². The summed E-state index contributed by atoms with van der Waals surface area (Å²) in [5.74, 6) is 0.0911. The first kappa shape index (κ1) is 18.2. The van der Waals surface area contributed by atoms with Crippen LogP contribution in [0.2, 0.25) is 0 Å². The van der Waals surface area contributed by atoms with E-state index in [9.17, 15) is 13.2 Å². The highest BCUT2D eigenvalue weighted by molar-refractivity contribution is 7.90. The highest BCUT2D eigenvalue weighted by atomic mass is 32.2. The zero-order valence-electron chi connectivity index (χ0n) is 13.5. The summed E-state index contributed by atoms with van der Waals surface area (Å²) in [6.45, 7) is 2.22. The monoisotopic (exact) mass is 352 g/mol. The van der Waals surface area contributed by atoms with E-state index in [1.807, 2.05) is 6.92 Å². The molecule has 2 rings (SSSR count). The average molecular weight is 352 g/mol. The van der Waals surface area contributed by atoms with Crippen LogP contribution in [0.1, 0.15) is 13.3 Å². The molecule has 0 amide bonds. The third-order valence-corrected chi connectivity index (χ3v) is 4.65. The summed E-state index contributed by atoms with van der Waals surface area (Å²) in [6.07, 6.45) is 3.23. The minimum absolute atomic E-state index is 0.0636. The van der Waals surface area contributed by atoms with E-state index in [4.69, 9.17) is 9.94 Å². The van der Waals surface area contributed by atoms with Crippen LogP contribution < -0.4 is 10.4 Å². The number of rotatable bonds is 7. The molecule has 1 unspecified atom stereocenters. The number of aromatic nitrogens is 2. The second-order valence-corrected chi connectivity index (χ2v) is 7.68. The molecule has 8 heteroatoms. The molecule has 0 aliphatic heterocycles. The van der Waals surface area contributed by atoms with Crippen LogP contribution in [0.25, 0.3) is 11.1 Å². The summed E-state index contributed by atoms with van der Waals surface area (Å²) in [6, 6.07) is 7.60. The number of benzene rings is 1. The lowest BCUT2D eigenvalue weighted by Gasteiger charge is -2.10. The van der Waals surface area contributed by atoms with E-state index in [0.717, 1.165) is 11.1 Å². The molecule has 0 radical (unpaired) electrons. The van der Waals surface area contributed by atoms with E-state index in [1.165, 1.54) is 24.4 Å². The molecule has 0 aliphatic rings. The van der Waals surface area contributed by atoms with Crippen molar-refractivity contribution in [3.8, 4) is 11.1 Å². The Morgan fingerprint density at radius 1 is 1.25 bits per heavy atom. The van der Waals surface area contributed by atoms with Gasteiger partial charge in [0.25, 0.3) is 0 Å². The van der Waals surface area contributed by atoms with Crippen molar-refractivity contribution in [2.75, 3.05) is 19.5 Å². The van der Waals surface area contributed by atoms with Crippen LogP contribution in [-0.4, -0.2) is 42.9 Å². The largest absolute Gasteiger partial charge is 0.396 e. The van der Waals surface area contributed by atoms with Crippen molar-refractivity contribution in [2.24, 2.45) is 5.92 Å². The van der Waals surface area contributed by atoms with Crippen molar-refractivity contribution in [1.29, 1.82) is 0 Å². The Bertz CT molecular complexity index is 844. The third-order valence-electron chi connectivity index (χ3n) is 3.52. The summed E-state index contributed by atoms with van der Waals surface area (Å²) >= 11 is 0. The molecule has 7 nitrogen and oxygen atoms in total. The van der Waals surface area contributed by atoms with Crippen molar-refractivity contribution in [3.05, 3.63) is 46.9 Å². The first-order valence-corrected chi connectivity index (χ1v) is 9.34. The first-order chi connectivity index (χ1) is 11.3. The summed E-state index contributed by atoms with van der Waals surface area (Å²) in [4.78, 5) is 18.4. The fraction of sp³-hybridized carbons (Fsp3) is 0.375. The molecular formula is C16H20N2O5S. The van der Waals surface area contributed by atoms with Crippen LogP contribution in [0, 0.1) is 5.92 Å². The number of nitrogens with zero attached hydrogens (tertiary/aromatic N) is 2. The number of aliphatic hydroxyl groups is 1. The van der Waals surface area contributed by atoms with Gasteiger partial charge >= 0.3 is 5.56 Å². The standard InChI is InChI=1S/C16H20N2O5S/c1-12(11-19)7-8-23-18-16(20)9-14(10-17-18)13-3-5-15(6-4-13)24(2,21)22/h3-6,9-10,12,19H,7-8,11H2,1-2H3.